The number of carbonyl (C=O) groups excluding carboxylic acids is 1. The first-order valence-corrected chi connectivity index (χ1v) is 10.4. The van der Waals surface area contributed by atoms with Crippen LogP contribution in [0.1, 0.15) is 33.1 Å². The van der Waals surface area contributed by atoms with Crippen LogP contribution in [0.4, 0.5) is 0 Å². The average Bonchev–Trinajstić information content (AvgIpc) is 3.32. The van der Waals surface area contributed by atoms with Crippen molar-refractivity contribution in [2.45, 2.75) is 18.9 Å². The molecule has 0 aliphatic carbocycles. The van der Waals surface area contributed by atoms with Crippen LogP contribution < -0.4 is 5.73 Å². The molecule has 2 aromatic carbocycles. The maximum atomic E-state index is 12.1. The number of aromatic nitrogens is 1. The van der Waals surface area contributed by atoms with E-state index in [4.69, 9.17) is 5.73 Å². The minimum Gasteiger partial charge on any atom is -0.365 e. The van der Waals surface area contributed by atoms with Gasteiger partial charge in [0.25, 0.3) is 5.91 Å². The van der Waals surface area contributed by atoms with E-state index >= 15 is 0 Å². The van der Waals surface area contributed by atoms with Crippen molar-refractivity contribution in [1.29, 1.82) is 0 Å². The number of benzene rings is 2. The summed E-state index contributed by atoms with van der Waals surface area (Å²) in [4.78, 5) is 19.7. The molecule has 2 aromatic heterocycles. The Hall–Kier alpha value is -2.76. The predicted molar refractivity (Wildman–Crippen MR) is 115 cm³/mol. The lowest BCUT2D eigenvalue weighted by Crippen LogP contribution is -2.20. The number of primary amides is 1. The van der Waals surface area contributed by atoms with E-state index in [9.17, 15) is 4.79 Å². The monoisotopic (exact) mass is 387 g/mol. The Morgan fingerprint density at radius 2 is 2.07 bits per heavy atom. The van der Waals surface area contributed by atoms with Crippen LogP contribution >= 0.6 is 11.3 Å². The van der Waals surface area contributed by atoms with Crippen molar-refractivity contribution in [1.82, 2.24) is 9.88 Å². The van der Waals surface area contributed by atoms with Gasteiger partial charge in [-0.1, -0.05) is 30.3 Å². The van der Waals surface area contributed by atoms with E-state index in [2.05, 4.69) is 46.3 Å². The molecule has 5 heteroatoms. The second-order valence-electron chi connectivity index (χ2n) is 7.46. The fraction of sp³-hybridized carbons (Fsp3) is 0.217. The maximum absolute atomic E-state index is 12.1. The van der Waals surface area contributed by atoms with Gasteiger partial charge in [-0.15, -0.1) is 11.3 Å². The highest BCUT2D eigenvalue weighted by molar-refractivity contribution is 7.21. The molecule has 1 amide bonds. The Morgan fingerprint density at radius 3 is 2.96 bits per heavy atom. The zero-order chi connectivity index (χ0) is 19.1. The summed E-state index contributed by atoms with van der Waals surface area (Å²) in [6.45, 7) is 2.89. The van der Waals surface area contributed by atoms with Gasteiger partial charge in [-0.05, 0) is 53.7 Å². The lowest BCUT2D eigenvalue weighted by atomic mass is 9.95. The molecule has 1 saturated heterocycles. The second kappa shape index (κ2) is 7.00. The van der Waals surface area contributed by atoms with Crippen molar-refractivity contribution in [3.05, 3.63) is 76.8 Å². The molecule has 1 fully saturated rings. The molecule has 1 atom stereocenters. The molecule has 1 aliphatic rings. The van der Waals surface area contributed by atoms with Gasteiger partial charge in [-0.2, -0.15) is 0 Å². The van der Waals surface area contributed by atoms with Gasteiger partial charge in [0, 0.05) is 35.3 Å². The number of nitrogens with zero attached hydrogens (tertiary/aromatic N) is 2. The van der Waals surface area contributed by atoms with Crippen molar-refractivity contribution < 1.29 is 4.79 Å². The third kappa shape index (κ3) is 3.07. The third-order valence-electron chi connectivity index (χ3n) is 5.61. The molecule has 0 radical (unpaired) electrons. The number of nitrogens with two attached hydrogens (primary N) is 1. The van der Waals surface area contributed by atoms with Crippen LogP contribution in [0.25, 0.3) is 21.0 Å². The summed E-state index contributed by atoms with van der Waals surface area (Å²) < 4.78 is 1.15. The molecule has 0 saturated carbocycles. The van der Waals surface area contributed by atoms with E-state index in [0.29, 0.717) is 5.92 Å². The van der Waals surface area contributed by atoms with Crippen LogP contribution in [0.5, 0.6) is 0 Å². The van der Waals surface area contributed by atoms with Crippen LogP contribution in [0.15, 0.2) is 60.8 Å². The van der Waals surface area contributed by atoms with Crippen LogP contribution in [0, 0.1) is 0 Å². The minimum absolute atomic E-state index is 0.309. The average molecular weight is 388 g/mol. The molecule has 2 N–H and O–H groups in total. The number of likely N-dealkylation sites (tertiary alicyclic amines) is 1. The maximum Gasteiger partial charge on any atom is 0.259 e. The largest absolute Gasteiger partial charge is 0.365 e. The first-order chi connectivity index (χ1) is 13.7. The summed E-state index contributed by atoms with van der Waals surface area (Å²) in [7, 11) is 0. The smallest absolute Gasteiger partial charge is 0.259 e. The molecule has 1 aliphatic heterocycles. The first-order valence-electron chi connectivity index (χ1n) is 9.56. The number of rotatable bonds is 4. The van der Waals surface area contributed by atoms with Gasteiger partial charge in [0.1, 0.15) is 0 Å². The van der Waals surface area contributed by atoms with E-state index in [-0.39, 0.29) is 5.91 Å². The van der Waals surface area contributed by atoms with Crippen LogP contribution in [-0.4, -0.2) is 28.9 Å². The molecule has 140 valence electrons. The number of pyridine rings is 1. The second-order valence-corrected chi connectivity index (χ2v) is 8.51. The summed E-state index contributed by atoms with van der Waals surface area (Å²) in [5.41, 5.74) is 9.19. The Balaban J connectivity index is 1.40. The minimum atomic E-state index is -0.309. The molecular weight excluding hydrogens is 366 g/mol. The normalized spacial score (nSPS) is 17.5. The zero-order valence-corrected chi connectivity index (χ0v) is 16.3. The zero-order valence-electron chi connectivity index (χ0n) is 15.5. The highest BCUT2D eigenvalue weighted by Crippen LogP contribution is 2.40. The van der Waals surface area contributed by atoms with Gasteiger partial charge in [0.05, 0.1) is 10.4 Å². The van der Waals surface area contributed by atoms with E-state index in [1.54, 1.807) is 0 Å². The van der Waals surface area contributed by atoms with Crippen molar-refractivity contribution >= 4 is 38.2 Å². The molecule has 5 rings (SSSR count). The van der Waals surface area contributed by atoms with E-state index in [1.165, 1.54) is 27.7 Å². The number of hydrogen-bond acceptors (Lipinski definition) is 4. The summed E-state index contributed by atoms with van der Waals surface area (Å²) >= 11 is 1.53. The van der Waals surface area contributed by atoms with Crippen molar-refractivity contribution in [3.8, 4) is 0 Å². The van der Waals surface area contributed by atoms with Gasteiger partial charge in [0.2, 0.25) is 0 Å². The van der Waals surface area contributed by atoms with Gasteiger partial charge < -0.3 is 5.73 Å². The summed E-state index contributed by atoms with van der Waals surface area (Å²) in [6, 6.07) is 18.8. The lowest BCUT2D eigenvalue weighted by Gasteiger charge is -2.17. The fourth-order valence-electron chi connectivity index (χ4n) is 4.35. The third-order valence-corrected chi connectivity index (χ3v) is 6.81. The van der Waals surface area contributed by atoms with Crippen molar-refractivity contribution in [3.63, 3.8) is 0 Å². The van der Waals surface area contributed by atoms with E-state index in [0.717, 1.165) is 46.7 Å². The number of fused-ring (bicyclic) bond motifs is 2. The van der Waals surface area contributed by atoms with Gasteiger partial charge >= 0.3 is 0 Å². The summed E-state index contributed by atoms with van der Waals surface area (Å²) in [5, 5.41) is 2.36. The van der Waals surface area contributed by atoms with E-state index < -0.39 is 0 Å². The van der Waals surface area contributed by atoms with Gasteiger partial charge in [-0.3, -0.25) is 14.7 Å². The summed E-state index contributed by atoms with van der Waals surface area (Å²) in [5.74, 6) is 0.0393. The first kappa shape index (κ1) is 17.3. The Bertz CT molecular complexity index is 1180. The van der Waals surface area contributed by atoms with Crippen LogP contribution in [-0.2, 0) is 6.54 Å². The molecule has 4 aromatic rings. The number of hydrogen-bond donors (Lipinski definition) is 1. The molecule has 4 nitrogen and oxygen atoms in total. The van der Waals surface area contributed by atoms with Gasteiger partial charge in [0.15, 0.2) is 0 Å². The predicted octanol–water partition coefficient (Wildman–Crippen LogP) is 4.54. The van der Waals surface area contributed by atoms with E-state index in [1.807, 2.05) is 24.4 Å². The number of amides is 1. The van der Waals surface area contributed by atoms with Crippen LogP contribution in [0.3, 0.4) is 0 Å². The Kier molecular flexibility index (Phi) is 4.34. The molecule has 0 bridgehead atoms. The number of thiophene rings is 1. The number of carbonyl (C=O) groups is 1. The molecule has 0 spiro atoms. The fourth-order valence-corrected chi connectivity index (χ4v) is 5.49. The molecule has 28 heavy (non-hydrogen) atoms. The Labute approximate surface area is 167 Å². The molecular formula is C23H21N3OS. The molecule has 3 heterocycles. The lowest BCUT2D eigenvalue weighted by molar-refractivity contribution is 0.100. The van der Waals surface area contributed by atoms with Crippen molar-refractivity contribution in [2.24, 2.45) is 5.73 Å². The van der Waals surface area contributed by atoms with Crippen LogP contribution in [0.2, 0.25) is 0 Å². The highest BCUT2D eigenvalue weighted by atomic mass is 32.1. The standard InChI is InChI=1S/C23H21N3OS/c24-23(27)22-21(18-5-1-2-6-20(18)28-22)17-9-11-26(14-17)13-15-7-8-19-16(12-15)4-3-10-25-19/h1-8,10,12,17H,9,11,13-14H2,(H2,24,27)/t17-/m1/s1. The quantitative estimate of drug-likeness (QED) is 0.559. The van der Waals surface area contributed by atoms with Gasteiger partial charge in [-0.25, -0.2) is 0 Å². The SMILES string of the molecule is NC(=O)c1sc2ccccc2c1[C@@H]1CCN(Cc2ccc3ncccc3c2)C1. The Morgan fingerprint density at radius 1 is 1.18 bits per heavy atom. The highest BCUT2D eigenvalue weighted by Gasteiger charge is 2.29. The topological polar surface area (TPSA) is 59.2 Å². The molecule has 0 unspecified atom stereocenters. The summed E-state index contributed by atoms with van der Waals surface area (Å²) in [6.07, 6.45) is 2.88. The van der Waals surface area contributed by atoms with Crippen molar-refractivity contribution in [2.75, 3.05) is 13.1 Å².